The lowest BCUT2D eigenvalue weighted by molar-refractivity contribution is -0.129. The number of amides is 1. The molecule has 1 aliphatic heterocycles. The van der Waals surface area contributed by atoms with E-state index in [0.717, 1.165) is 17.7 Å². The molecule has 1 heterocycles. The normalized spacial score (nSPS) is 26.7. The van der Waals surface area contributed by atoms with Crippen molar-refractivity contribution in [2.45, 2.75) is 25.0 Å². The van der Waals surface area contributed by atoms with Crippen molar-refractivity contribution in [2.75, 3.05) is 13.2 Å². The molecule has 2 aliphatic rings. The van der Waals surface area contributed by atoms with E-state index >= 15 is 0 Å². The number of hydrogen-bond acceptors (Lipinski definition) is 3. The number of hydrogen-bond donors (Lipinski definition) is 2. The van der Waals surface area contributed by atoms with Gasteiger partial charge in [-0.2, -0.15) is 0 Å². The number of ether oxygens (including phenoxy) is 1. The molecule has 3 rings (SSSR count). The Morgan fingerprint density at radius 1 is 1.44 bits per heavy atom. The fraction of sp³-hybridized carbons (Fsp3) is 0.500. The number of fused-ring (bicyclic) bond motifs is 1. The lowest BCUT2D eigenvalue weighted by Crippen LogP contribution is -2.58. The third-order valence-electron chi connectivity index (χ3n) is 3.86. The number of rotatable bonds is 4. The SMILES string of the molecule is NC(=O)C1(NCC2CC2)COCc2ccccc21. The Kier molecular flexibility index (Phi) is 2.84. The molecule has 96 valence electrons. The van der Waals surface area contributed by atoms with Crippen LogP contribution in [-0.2, 0) is 21.7 Å². The van der Waals surface area contributed by atoms with E-state index in [1.54, 1.807) is 0 Å². The van der Waals surface area contributed by atoms with Gasteiger partial charge in [-0.3, -0.25) is 10.1 Å². The number of carbonyl (C=O) groups is 1. The Morgan fingerprint density at radius 3 is 2.94 bits per heavy atom. The fourth-order valence-corrected chi connectivity index (χ4v) is 2.53. The van der Waals surface area contributed by atoms with Crippen LogP contribution in [0.4, 0.5) is 0 Å². The second-order valence-electron chi connectivity index (χ2n) is 5.24. The monoisotopic (exact) mass is 246 g/mol. The summed E-state index contributed by atoms with van der Waals surface area (Å²) in [6, 6.07) is 7.87. The van der Waals surface area contributed by atoms with Gasteiger partial charge in [-0.05, 0) is 36.4 Å². The van der Waals surface area contributed by atoms with Gasteiger partial charge >= 0.3 is 0 Å². The topological polar surface area (TPSA) is 64.4 Å². The quantitative estimate of drug-likeness (QED) is 0.829. The van der Waals surface area contributed by atoms with Gasteiger partial charge in [0, 0.05) is 0 Å². The molecule has 0 spiro atoms. The van der Waals surface area contributed by atoms with E-state index < -0.39 is 5.54 Å². The smallest absolute Gasteiger partial charge is 0.244 e. The van der Waals surface area contributed by atoms with Gasteiger partial charge in [0.2, 0.25) is 5.91 Å². The predicted octanol–water partition coefficient (Wildman–Crippen LogP) is 0.897. The summed E-state index contributed by atoms with van der Waals surface area (Å²) in [6.07, 6.45) is 2.48. The highest BCUT2D eigenvalue weighted by Gasteiger charge is 2.43. The van der Waals surface area contributed by atoms with Crippen LogP contribution in [0, 0.1) is 5.92 Å². The third-order valence-corrected chi connectivity index (χ3v) is 3.86. The molecule has 1 aliphatic carbocycles. The zero-order valence-corrected chi connectivity index (χ0v) is 10.3. The summed E-state index contributed by atoms with van der Waals surface area (Å²) < 4.78 is 5.56. The van der Waals surface area contributed by atoms with Crippen molar-refractivity contribution < 1.29 is 9.53 Å². The van der Waals surface area contributed by atoms with E-state index in [2.05, 4.69) is 5.32 Å². The first kappa shape index (κ1) is 11.7. The second-order valence-corrected chi connectivity index (χ2v) is 5.24. The number of carbonyl (C=O) groups excluding carboxylic acids is 1. The van der Waals surface area contributed by atoms with Crippen LogP contribution in [0.3, 0.4) is 0 Å². The standard InChI is InChI=1S/C14H18N2O2/c15-13(17)14(16-7-10-5-6-10)9-18-8-11-3-1-2-4-12(11)14/h1-4,10,16H,5-9H2,(H2,15,17). The Labute approximate surface area is 107 Å². The molecule has 1 amide bonds. The molecule has 18 heavy (non-hydrogen) atoms. The first-order valence-electron chi connectivity index (χ1n) is 6.43. The number of primary amides is 1. The number of nitrogens with two attached hydrogens (primary N) is 1. The first-order chi connectivity index (χ1) is 8.72. The molecule has 1 unspecified atom stereocenters. The van der Waals surface area contributed by atoms with Gasteiger partial charge in [0.15, 0.2) is 0 Å². The Balaban J connectivity index is 1.95. The van der Waals surface area contributed by atoms with Crippen molar-refractivity contribution in [3.63, 3.8) is 0 Å². The summed E-state index contributed by atoms with van der Waals surface area (Å²) in [7, 11) is 0. The molecule has 0 bridgehead atoms. The van der Waals surface area contributed by atoms with Crippen LogP contribution < -0.4 is 11.1 Å². The number of benzene rings is 1. The van der Waals surface area contributed by atoms with Crippen LogP contribution in [0.1, 0.15) is 24.0 Å². The van der Waals surface area contributed by atoms with Gasteiger partial charge in [0.25, 0.3) is 0 Å². The molecule has 0 radical (unpaired) electrons. The van der Waals surface area contributed by atoms with Gasteiger partial charge in [0.05, 0.1) is 13.2 Å². The first-order valence-corrected chi connectivity index (χ1v) is 6.43. The summed E-state index contributed by atoms with van der Waals surface area (Å²) in [5, 5.41) is 3.35. The van der Waals surface area contributed by atoms with Crippen LogP contribution in [0.15, 0.2) is 24.3 Å². The molecule has 1 fully saturated rings. The van der Waals surface area contributed by atoms with Gasteiger partial charge in [-0.15, -0.1) is 0 Å². The van der Waals surface area contributed by atoms with Crippen LogP contribution >= 0.6 is 0 Å². The molecule has 1 aromatic rings. The third kappa shape index (κ3) is 1.91. The molecule has 1 aromatic carbocycles. The van der Waals surface area contributed by atoms with E-state index in [0.29, 0.717) is 19.1 Å². The molecule has 1 atom stereocenters. The van der Waals surface area contributed by atoms with E-state index in [-0.39, 0.29) is 5.91 Å². The minimum atomic E-state index is -0.850. The maximum Gasteiger partial charge on any atom is 0.244 e. The zero-order valence-electron chi connectivity index (χ0n) is 10.3. The average molecular weight is 246 g/mol. The molecule has 3 N–H and O–H groups in total. The maximum absolute atomic E-state index is 12.0. The summed E-state index contributed by atoms with van der Waals surface area (Å²) in [4.78, 5) is 12.0. The molecule has 4 nitrogen and oxygen atoms in total. The van der Waals surface area contributed by atoms with Crippen molar-refractivity contribution >= 4 is 5.91 Å². The lowest BCUT2D eigenvalue weighted by atomic mass is 9.84. The second kappa shape index (κ2) is 4.37. The highest BCUT2D eigenvalue weighted by molar-refractivity contribution is 5.87. The average Bonchev–Trinajstić information content (AvgIpc) is 3.20. The minimum absolute atomic E-state index is 0.325. The van der Waals surface area contributed by atoms with Crippen molar-refractivity contribution in [3.05, 3.63) is 35.4 Å². The summed E-state index contributed by atoms with van der Waals surface area (Å²) in [6.45, 7) is 1.71. The van der Waals surface area contributed by atoms with Crippen LogP contribution in [-0.4, -0.2) is 19.1 Å². The Morgan fingerprint density at radius 2 is 2.22 bits per heavy atom. The van der Waals surface area contributed by atoms with Gasteiger partial charge in [-0.1, -0.05) is 24.3 Å². The lowest BCUT2D eigenvalue weighted by Gasteiger charge is -2.37. The van der Waals surface area contributed by atoms with Crippen molar-refractivity contribution in [3.8, 4) is 0 Å². The molecular formula is C14H18N2O2. The maximum atomic E-state index is 12.0. The molecule has 0 saturated heterocycles. The van der Waals surface area contributed by atoms with Crippen molar-refractivity contribution in [1.29, 1.82) is 0 Å². The molecule has 4 heteroatoms. The molecule has 0 aromatic heterocycles. The van der Waals surface area contributed by atoms with Crippen LogP contribution in [0.5, 0.6) is 0 Å². The zero-order chi connectivity index (χ0) is 12.6. The summed E-state index contributed by atoms with van der Waals surface area (Å²) in [5.74, 6) is 0.339. The molecular weight excluding hydrogens is 228 g/mol. The van der Waals surface area contributed by atoms with Crippen LogP contribution in [0.25, 0.3) is 0 Å². The minimum Gasteiger partial charge on any atom is -0.374 e. The highest BCUT2D eigenvalue weighted by atomic mass is 16.5. The predicted molar refractivity (Wildman–Crippen MR) is 67.7 cm³/mol. The van der Waals surface area contributed by atoms with E-state index in [1.807, 2.05) is 24.3 Å². The molecule has 1 saturated carbocycles. The van der Waals surface area contributed by atoms with Crippen LogP contribution in [0.2, 0.25) is 0 Å². The van der Waals surface area contributed by atoms with Gasteiger partial charge in [-0.25, -0.2) is 0 Å². The summed E-state index contributed by atoms with van der Waals surface area (Å²) in [5.41, 5.74) is 6.82. The van der Waals surface area contributed by atoms with Crippen molar-refractivity contribution in [2.24, 2.45) is 11.7 Å². The Hall–Kier alpha value is -1.39. The summed E-state index contributed by atoms with van der Waals surface area (Å²) >= 11 is 0. The van der Waals surface area contributed by atoms with E-state index in [1.165, 1.54) is 12.8 Å². The number of nitrogens with one attached hydrogen (secondary N) is 1. The van der Waals surface area contributed by atoms with E-state index in [9.17, 15) is 4.79 Å². The van der Waals surface area contributed by atoms with E-state index in [4.69, 9.17) is 10.5 Å². The Bertz CT molecular complexity index is 471. The fourth-order valence-electron chi connectivity index (χ4n) is 2.53. The van der Waals surface area contributed by atoms with Gasteiger partial charge < -0.3 is 10.5 Å². The largest absolute Gasteiger partial charge is 0.374 e. The van der Waals surface area contributed by atoms with Gasteiger partial charge in [0.1, 0.15) is 5.54 Å². The highest BCUT2D eigenvalue weighted by Crippen LogP contribution is 2.33. The van der Waals surface area contributed by atoms with Crippen molar-refractivity contribution in [1.82, 2.24) is 5.32 Å².